The highest BCUT2D eigenvalue weighted by Crippen LogP contribution is 2.34. The van der Waals surface area contributed by atoms with E-state index >= 15 is 0 Å². The van der Waals surface area contributed by atoms with Crippen LogP contribution in [0.15, 0.2) is 30.3 Å². The predicted octanol–water partition coefficient (Wildman–Crippen LogP) is 2.23. The van der Waals surface area contributed by atoms with Crippen LogP contribution in [0.5, 0.6) is 0 Å². The first-order chi connectivity index (χ1) is 8.79. The first kappa shape index (κ1) is 11.2. The fourth-order valence-electron chi connectivity index (χ4n) is 2.70. The Bertz CT molecular complexity index is 609. The summed E-state index contributed by atoms with van der Waals surface area (Å²) < 4.78 is 0. The number of rotatable bonds is 3. The Labute approximate surface area is 106 Å². The van der Waals surface area contributed by atoms with E-state index in [0.717, 1.165) is 23.9 Å². The molecule has 0 atom stereocenters. The minimum absolute atomic E-state index is 0.0174. The summed E-state index contributed by atoms with van der Waals surface area (Å²) in [6.07, 6.45) is 2.57. The second-order valence-corrected chi connectivity index (χ2v) is 4.70. The van der Waals surface area contributed by atoms with Gasteiger partial charge < -0.3 is 11.1 Å². The summed E-state index contributed by atoms with van der Waals surface area (Å²) in [6.45, 7) is 0.382. The van der Waals surface area contributed by atoms with Crippen LogP contribution in [0.3, 0.4) is 0 Å². The molecule has 18 heavy (non-hydrogen) atoms. The molecule has 0 saturated carbocycles. The molecular formula is C15H16N2O. The van der Waals surface area contributed by atoms with Crippen molar-refractivity contribution in [2.45, 2.75) is 19.3 Å². The monoisotopic (exact) mass is 240 g/mol. The lowest BCUT2D eigenvalue weighted by Gasteiger charge is -2.10. The van der Waals surface area contributed by atoms with Gasteiger partial charge in [-0.05, 0) is 35.4 Å². The number of aryl methyl sites for hydroxylation is 2. The second kappa shape index (κ2) is 4.42. The Morgan fingerprint density at radius 2 is 1.94 bits per heavy atom. The van der Waals surface area contributed by atoms with Gasteiger partial charge >= 0.3 is 0 Å². The maximum Gasteiger partial charge on any atom is 0.225 e. The van der Waals surface area contributed by atoms with Crippen molar-refractivity contribution >= 4 is 22.4 Å². The van der Waals surface area contributed by atoms with Gasteiger partial charge in [0.25, 0.3) is 0 Å². The summed E-state index contributed by atoms with van der Waals surface area (Å²) in [7, 11) is 0. The van der Waals surface area contributed by atoms with E-state index in [9.17, 15) is 4.79 Å². The van der Waals surface area contributed by atoms with Crippen molar-refractivity contribution in [2.75, 3.05) is 11.9 Å². The zero-order valence-corrected chi connectivity index (χ0v) is 10.2. The molecule has 0 spiro atoms. The van der Waals surface area contributed by atoms with Gasteiger partial charge in [0.05, 0.1) is 0 Å². The molecular weight excluding hydrogens is 224 g/mol. The summed E-state index contributed by atoms with van der Waals surface area (Å²) in [5.41, 5.74) is 9.07. The molecule has 1 aliphatic rings. The van der Waals surface area contributed by atoms with Gasteiger partial charge in [0.15, 0.2) is 0 Å². The van der Waals surface area contributed by atoms with Gasteiger partial charge in [-0.25, -0.2) is 0 Å². The minimum Gasteiger partial charge on any atom is -0.330 e. The van der Waals surface area contributed by atoms with Crippen molar-refractivity contribution in [1.82, 2.24) is 0 Å². The third kappa shape index (κ3) is 1.77. The molecule has 2 aromatic carbocycles. The molecule has 92 valence electrons. The van der Waals surface area contributed by atoms with E-state index in [1.54, 1.807) is 0 Å². The van der Waals surface area contributed by atoms with Crippen LogP contribution in [0.2, 0.25) is 0 Å². The van der Waals surface area contributed by atoms with Gasteiger partial charge in [-0.2, -0.15) is 0 Å². The van der Waals surface area contributed by atoms with Crippen LogP contribution in [0.25, 0.3) is 10.8 Å². The predicted molar refractivity (Wildman–Crippen MR) is 73.7 cm³/mol. The SMILES string of the molecule is NCCC(=O)Nc1ccc2c3c(cccc13)CC2. The number of hydrogen-bond acceptors (Lipinski definition) is 2. The zero-order chi connectivity index (χ0) is 12.5. The Morgan fingerprint density at radius 1 is 1.17 bits per heavy atom. The largest absolute Gasteiger partial charge is 0.330 e. The van der Waals surface area contributed by atoms with Crippen molar-refractivity contribution in [1.29, 1.82) is 0 Å². The Balaban J connectivity index is 2.06. The van der Waals surface area contributed by atoms with Gasteiger partial charge in [-0.1, -0.05) is 24.3 Å². The first-order valence-electron chi connectivity index (χ1n) is 6.33. The molecule has 0 saturated heterocycles. The van der Waals surface area contributed by atoms with Crippen LogP contribution in [-0.2, 0) is 17.6 Å². The molecule has 3 heteroatoms. The van der Waals surface area contributed by atoms with Crippen LogP contribution in [0.1, 0.15) is 17.5 Å². The van der Waals surface area contributed by atoms with E-state index < -0.39 is 0 Å². The highest BCUT2D eigenvalue weighted by atomic mass is 16.1. The van der Waals surface area contributed by atoms with E-state index in [2.05, 4.69) is 29.6 Å². The maximum atomic E-state index is 11.7. The fraction of sp³-hybridized carbons (Fsp3) is 0.267. The number of hydrogen-bond donors (Lipinski definition) is 2. The normalized spacial score (nSPS) is 12.9. The van der Waals surface area contributed by atoms with Crippen molar-refractivity contribution < 1.29 is 4.79 Å². The highest BCUT2D eigenvalue weighted by molar-refractivity contribution is 6.05. The molecule has 1 amide bonds. The average molecular weight is 240 g/mol. The van der Waals surface area contributed by atoms with Gasteiger partial charge in [-0.15, -0.1) is 0 Å². The van der Waals surface area contributed by atoms with Crippen LogP contribution in [-0.4, -0.2) is 12.5 Å². The number of carbonyl (C=O) groups excluding carboxylic acids is 1. The summed E-state index contributed by atoms with van der Waals surface area (Å²) in [4.78, 5) is 11.7. The lowest BCUT2D eigenvalue weighted by atomic mass is 10.0. The molecule has 0 fully saturated rings. The molecule has 1 aliphatic carbocycles. The topological polar surface area (TPSA) is 55.1 Å². The standard InChI is InChI=1S/C15H16N2O/c16-9-8-14(18)17-13-7-6-11-5-4-10-2-1-3-12(13)15(10)11/h1-3,6-7H,4-5,8-9,16H2,(H,17,18). The lowest BCUT2D eigenvalue weighted by molar-refractivity contribution is -0.116. The number of nitrogens with two attached hydrogens (primary N) is 1. The Kier molecular flexibility index (Phi) is 2.76. The number of benzene rings is 2. The van der Waals surface area contributed by atoms with Gasteiger partial charge in [0.2, 0.25) is 5.91 Å². The van der Waals surface area contributed by atoms with Crippen LogP contribution in [0.4, 0.5) is 5.69 Å². The molecule has 3 rings (SSSR count). The van der Waals surface area contributed by atoms with Crippen LogP contribution >= 0.6 is 0 Å². The lowest BCUT2D eigenvalue weighted by Crippen LogP contribution is -2.16. The summed E-state index contributed by atoms with van der Waals surface area (Å²) in [5.74, 6) is -0.0174. The van der Waals surface area contributed by atoms with E-state index in [4.69, 9.17) is 5.73 Å². The number of amides is 1. The third-order valence-electron chi connectivity index (χ3n) is 3.52. The minimum atomic E-state index is -0.0174. The molecule has 0 bridgehead atoms. The van der Waals surface area contributed by atoms with Crippen molar-refractivity contribution in [2.24, 2.45) is 5.73 Å². The number of anilines is 1. The number of carbonyl (C=O) groups is 1. The van der Waals surface area contributed by atoms with E-state index in [-0.39, 0.29) is 5.91 Å². The Morgan fingerprint density at radius 3 is 2.72 bits per heavy atom. The molecule has 2 aromatic rings. The van der Waals surface area contributed by atoms with Gasteiger partial charge in [-0.3, -0.25) is 4.79 Å². The van der Waals surface area contributed by atoms with Crippen LogP contribution in [0, 0.1) is 0 Å². The Hall–Kier alpha value is -1.87. The molecule has 0 unspecified atom stereocenters. The van der Waals surface area contributed by atoms with Crippen molar-refractivity contribution in [3.63, 3.8) is 0 Å². The van der Waals surface area contributed by atoms with Gasteiger partial charge in [0, 0.05) is 24.0 Å². The van der Waals surface area contributed by atoms with E-state index in [1.807, 2.05) is 6.07 Å². The van der Waals surface area contributed by atoms with Crippen LogP contribution < -0.4 is 11.1 Å². The molecule has 0 aliphatic heterocycles. The fourth-order valence-corrected chi connectivity index (χ4v) is 2.70. The van der Waals surface area contributed by atoms with E-state index in [0.29, 0.717) is 13.0 Å². The molecule has 3 N–H and O–H groups in total. The molecule has 3 nitrogen and oxygen atoms in total. The van der Waals surface area contributed by atoms with Gasteiger partial charge in [0.1, 0.15) is 0 Å². The zero-order valence-electron chi connectivity index (χ0n) is 10.2. The van der Waals surface area contributed by atoms with E-state index in [1.165, 1.54) is 16.5 Å². The molecule has 0 heterocycles. The molecule has 0 aromatic heterocycles. The highest BCUT2D eigenvalue weighted by Gasteiger charge is 2.16. The smallest absolute Gasteiger partial charge is 0.225 e. The number of nitrogens with one attached hydrogen (secondary N) is 1. The summed E-state index contributed by atoms with van der Waals surface area (Å²) >= 11 is 0. The first-order valence-corrected chi connectivity index (χ1v) is 6.33. The summed E-state index contributed by atoms with van der Waals surface area (Å²) in [5, 5.41) is 5.42. The van der Waals surface area contributed by atoms with Crippen molar-refractivity contribution in [3.8, 4) is 0 Å². The average Bonchev–Trinajstić information content (AvgIpc) is 2.78. The molecule has 0 radical (unpaired) electrons. The third-order valence-corrected chi connectivity index (χ3v) is 3.52. The van der Waals surface area contributed by atoms with Crippen molar-refractivity contribution in [3.05, 3.63) is 41.5 Å². The second-order valence-electron chi connectivity index (χ2n) is 4.70. The maximum absolute atomic E-state index is 11.7. The quantitative estimate of drug-likeness (QED) is 0.864. The summed E-state index contributed by atoms with van der Waals surface area (Å²) in [6, 6.07) is 10.4.